The summed E-state index contributed by atoms with van der Waals surface area (Å²) in [6.45, 7) is 4.24. The number of hydrogen-bond donors (Lipinski definition) is 1. The van der Waals surface area contributed by atoms with E-state index in [1.807, 2.05) is 17.0 Å². The second kappa shape index (κ2) is 5.93. The van der Waals surface area contributed by atoms with Gasteiger partial charge < -0.3 is 15.4 Å². The maximum atomic E-state index is 12.1. The number of rotatable bonds is 3. The smallest absolute Gasteiger partial charge is 0.236 e. The van der Waals surface area contributed by atoms with E-state index in [4.69, 9.17) is 10.5 Å². The molecule has 5 nitrogen and oxygen atoms in total. The number of nitrogens with two attached hydrogens (primary N) is 1. The lowest BCUT2D eigenvalue weighted by molar-refractivity contribution is -0.135. The van der Waals surface area contributed by atoms with Crippen LogP contribution in [0.5, 0.6) is 5.75 Å². The summed E-state index contributed by atoms with van der Waals surface area (Å²) in [6, 6.07) is 4.07. The highest BCUT2D eigenvalue weighted by atomic mass is 16.5. The Bertz CT molecular complexity index is 541. The number of amides is 1. The highest BCUT2D eigenvalue weighted by Crippen LogP contribution is 2.28. The van der Waals surface area contributed by atoms with Gasteiger partial charge in [-0.2, -0.15) is 0 Å². The zero-order chi connectivity index (χ0) is 14.8. The first-order chi connectivity index (χ1) is 10.2. The summed E-state index contributed by atoms with van der Waals surface area (Å²) >= 11 is 0. The third kappa shape index (κ3) is 2.97. The molecule has 0 saturated carbocycles. The molecule has 2 heterocycles. The van der Waals surface area contributed by atoms with Crippen LogP contribution in [0.1, 0.15) is 17.5 Å². The van der Waals surface area contributed by atoms with Gasteiger partial charge >= 0.3 is 0 Å². The van der Waals surface area contributed by atoms with Crippen LogP contribution in [0.4, 0.5) is 5.69 Å². The molecular formula is C16H23N3O2. The van der Waals surface area contributed by atoms with Crippen molar-refractivity contribution in [1.29, 1.82) is 0 Å². The molecule has 1 fully saturated rings. The number of nitrogen functional groups attached to an aromatic ring is 1. The Morgan fingerprint density at radius 2 is 1.86 bits per heavy atom. The SMILES string of the molecule is COc1cc2c(cc1N)CCN(CC(=O)N1CCC1)CC2. The number of methoxy groups -OCH3 is 1. The first kappa shape index (κ1) is 14.2. The van der Waals surface area contributed by atoms with Gasteiger partial charge in [-0.1, -0.05) is 0 Å². The molecule has 1 saturated heterocycles. The van der Waals surface area contributed by atoms with E-state index in [2.05, 4.69) is 4.90 Å². The molecule has 0 atom stereocenters. The Morgan fingerprint density at radius 3 is 2.43 bits per heavy atom. The summed E-state index contributed by atoms with van der Waals surface area (Å²) in [7, 11) is 1.65. The van der Waals surface area contributed by atoms with Gasteiger partial charge in [0.2, 0.25) is 5.91 Å². The normalized spacial score (nSPS) is 18.6. The predicted molar refractivity (Wildman–Crippen MR) is 82.5 cm³/mol. The molecule has 2 aliphatic heterocycles. The van der Waals surface area contributed by atoms with E-state index in [1.54, 1.807) is 7.11 Å². The monoisotopic (exact) mass is 289 g/mol. The molecule has 1 aromatic carbocycles. The minimum Gasteiger partial charge on any atom is -0.495 e. The van der Waals surface area contributed by atoms with Crippen LogP contribution in [0.25, 0.3) is 0 Å². The summed E-state index contributed by atoms with van der Waals surface area (Å²) in [4.78, 5) is 16.3. The van der Waals surface area contributed by atoms with Crippen LogP contribution in [-0.4, -0.2) is 55.5 Å². The van der Waals surface area contributed by atoms with E-state index in [0.29, 0.717) is 12.2 Å². The fraction of sp³-hybridized carbons (Fsp3) is 0.562. The largest absolute Gasteiger partial charge is 0.495 e. The minimum absolute atomic E-state index is 0.268. The van der Waals surface area contributed by atoms with E-state index < -0.39 is 0 Å². The third-order valence-electron chi connectivity index (χ3n) is 4.51. The topological polar surface area (TPSA) is 58.8 Å². The van der Waals surface area contributed by atoms with E-state index in [0.717, 1.165) is 51.2 Å². The Balaban J connectivity index is 1.65. The lowest BCUT2D eigenvalue weighted by Crippen LogP contribution is -2.47. The summed E-state index contributed by atoms with van der Waals surface area (Å²) in [5.74, 6) is 1.02. The van der Waals surface area contributed by atoms with E-state index >= 15 is 0 Å². The van der Waals surface area contributed by atoms with Crippen molar-refractivity contribution >= 4 is 11.6 Å². The zero-order valence-corrected chi connectivity index (χ0v) is 12.6. The Hall–Kier alpha value is -1.75. The van der Waals surface area contributed by atoms with E-state index in [1.165, 1.54) is 11.1 Å². The van der Waals surface area contributed by atoms with Gasteiger partial charge in [-0.05, 0) is 42.5 Å². The van der Waals surface area contributed by atoms with Crippen molar-refractivity contribution in [2.75, 3.05) is 45.6 Å². The zero-order valence-electron chi connectivity index (χ0n) is 12.6. The highest BCUT2D eigenvalue weighted by molar-refractivity contribution is 5.79. The molecule has 0 aliphatic carbocycles. The maximum absolute atomic E-state index is 12.1. The highest BCUT2D eigenvalue weighted by Gasteiger charge is 2.23. The van der Waals surface area contributed by atoms with E-state index in [9.17, 15) is 4.79 Å². The van der Waals surface area contributed by atoms with Crippen LogP contribution in [0.15, 0.2) is 12.1 Å². The number of carbonyl (C=O) groups excluding carboxylic acids is 1. The molecule has 3 rings (SSSR count). The number of likely N-dealkylation sites (tertiary alicyclic amines) is 1. The average molecular weight is 289 g/mol. The number of hydrogen-bond acceptors (Lipinski definition) is 4. The summed E-state index contributed by atoms with van der Waals surface area (Å²) < 4.78 is 5.30. The van der Waals surface area contributed by atoms with Crippen LogP contribution in [-0.2, 0) is 17.6 Å². The molecule has 114 valence electrons. The molecule has 0 radical (unpaired) electrons. The number of fused-ring (bicyclic) bond motifs is 1. The van der Waals surface area contributed by atoms with Crippen LogP contribution >= 0.6 is 0 Å². The number of anilines is 1. The first-order valence-electron chi connectivity index (χ1n) is 7.63. The van der Waals surface area contributed by atoms with Gasteiger partial charge in [0, 0.05) is 26.2 Å². The quantitative estimate of drug-likeness (QED) is 0.840. The van der Waals surface area contributed by atoms with Crippen LogP contribution in [0, 0.1) is 0 Å². The average Bonchev–Trinajstić information content (AvgIpc) is 2.58. The molecule has 5 heteroatoms. The third-order valence-corrected chi connectivity index (χ3v) is 4.51. The van der Waals surface area contributed by atoms with Crippen molar-refractivity contribution in [2.45, 2.75) is 19.3 Å². The van der Waals surface area contributed by atoms with Gasteiger partial charge in [0.05, 0.1) is 19.3 Å². The van der Waals surface area contributed by atoms with Gasteiger partial charge in [0.1, 0.15) is 5.75 Å². The lowest BCUT2D eigenvalue weighted by Gasteiger charge is -2.33. The molecule has 0 aromatic heterocycles. The standard InChI is InChI=1S/C16H23N3O2/c1-21-15-10-13-4-8-18(7-3-12(13)9-14(15)17)11-16(20)19-5-2-6-19/h9-10H,2-8,11,17H2,1H3. The van der Waals surface area contributed by atoms with Gasteiger partial charge in [-0.3, -0.25) is 9.69 Å². The van der Waals surface area contributed by atoms with Crippen molar-refractivity contribution in [3.8, 4) is 5.75 Å². The number of ether oxygens (including phenoxy) is 1. The summed E-state index contributed by atoms with van der Waals surface area (Å²) in [5.41, 5.74) is 9.26. The van der Waals surface area contributed by atoms with Crippen LogP contribution in [0.3, 0.4) is 0 Å². The fourth-order valence-electron chi connectivity index (χ4n) is 3.01. The van der Waals surface area contributed by atoms with Gasteiger partial charge in [0.15, 0.2) is 0 Å². The number of benzene rings is 1. The Kier molecular flexibility index (Phi) is 4.01. The summed E-state index contributed by atoms with van der Waals surface area (Å²) in [6.07, 6.45) is 3.03. The van der Waals surface area contributed by atoms with Crippen LogP contribution < -0.4 is 10.5 Å². The van der Waals surface area contributed by atoms with Gasteiger partial charge in [-0.15, -0.1) is 0 Å². The molecule has 1 aromatic rings. The molecule has 2 N–H and O–H groups in total. The molecule has 0 unspecified atom stereocenters. The van der Waals surface area contributed by atoms with Crippen molar-refractivity contribution < 1.29 is 9.53 Å². The molecule has 21 heavy (non-hydrogen) atoms. The van der Waals surface area contributed by atoms with Gasteiger partial charge in [-0.25, -0.2) is 0 Å². The van der Waals surface area contributed by atoms with E-state index in [-0.39, 0.29) is 5.91 Å². The molecule has 2 aliphatic rings. The van der Waals surface area contributed by atoms with Crippen molar-refractivity contribution in [3.63, 3.8) is 0 Å². The summed E-state index contributed by atoms with van der Waals surface area (Å²) in [5, 5.41) is 0. The fourth-order valence-corrected chi connectivity index (χ4v) is 3.01. The number of carbonyl (C=O) groups is 1. The molecule has 0 spiro atoms. The second-order valence-electron chi connectivity index (χ2n) is 5.87. The Labute approximate surface area is 125 Å². The Morgan fingerprint density at radius 1 is 1.19 bits per heavy atom. The van der Waals surface area contributed by atoms with Crippen molar-refractivity contribution in [2.24, 2.45) is 0 Å². The predicted octanol–water partition coefficient (Wildman–Crippen LogP) is 0.910. The maximum Gasteiger partial charge on any atom is 0.236 e. The first-order valence-corrected chi connectivity index (χ1v) is 7.63. The van der Waals surface area contributed by atoms with Crippen molar-refractivity contribution in [1.82, 2.24) is 9.80 Å². The second-order valence-corrected chi connectivity index (χ2v) is 5.87. The van der Waals surface area contributed by atoms with Crippen molar-refractivity contribution in [3.05, 3.63) is 23.3 Å². The molecular weight excluding hydrogens is 266 g/mol. The molecule has 0 bridgehead atoms. The molecule has 1 amide bonds. The lowest BCUT2D eigenvalue weighted by atomic mass is 10.0. The van der Waals surface area contributed by atoms with Crippen LogP contribution in [0.2, 0.25) is 0 Å². The minimum atomic E-state index is 0.268. The van der Waals surface area contributed by atoms with Gasteiger partial charge in [0.25, 0.3) is 0 Å². The number of nitrogens with zero attached hydrogens (tertiary/aromatic N) is 2.